The Kier molecular flexibility index (Phi) is 7.05. The van der Waals surface area contributed by atoms with Gasteiger partial charge in [0.15, 0.2) is 0 Å². The van der Waals surface area contributed by atoms with Gasteiger partial charge >= 0.3 is 0 Å². The number of aliphatic hydroxyl groups is 1. The van der Waals surface area contributed by atoms with Crippen molar-refractivity contribution in [2.45, 2.75) is 33.0 Å². The van der Waals surface area contributed by atoms with Gasteiger partial charge in [0.1, 0.15) is 18.1 Å². The third-order valence-corrected chi connectivity index (χ3v) is 6.62. The lowest BCUT2D eigenvalue weighted by Crippen LogP contribution is -2.29. The fraction of sp³-hybridized carbons (Fsp3) is 0.156. The molecule has 190 valence electrons. The molecule has 0 aliphatic carbocycles. The molecule has 1 atom stereocenters. The van der Waals surface area contributed by atoms with Crippen LogP contribution in [0.25, 0.3) is 5.76 Å². The molecule has 1 unspecified atom stereocenters. The molecular weight excluding hydrogens is 476 g/mol. The first-order valence-corrected chi connectivity index (χ1v) is 12.4. The summed E-state index contributed by atoms with van der Waals surface area (Å²) in [6.45, 7) is 4.61. The van der Waals surface area contributed by atoms with Crippen molar-refractivity contribution in [2.24, 2.45) is 0 Å². The normalized spacial score (nSPS) is 16.6. The van der Waals surface area contributed by atoms with E-state index in [2.05, 4.69) is 11.1 Å². The third kappa shape index (κ3) is 5.20. The molecule has 0 saturated carbocycles. The molecule has 4 aromatic rings. The average molecular weight is 505 g/mol. The Morgan fingerprint density at radius 3 is 2.32 bits per heavy atom. The predicted molar refractivity (Wildman–Crippen MR) is 145 cm³/mol. The van der Waals surface area contributed by atoms with Crippen LogP contribution in [0.5, 0.6) is 5.75 Å². The molecule has 1 amide bonds. The molecule has 1 fully saturated rings. The minimum Gasteiger partial charge on any atom is -0.507 e. The van der Waals surface area contributed by atoms with E-state index < -0.39 is 17.7 Å². The summed E-state index contributed by atoms with van der Waals surface area (Å²) in [4.78, 5) is 32.1. The predicted octanol–water partition coefficient (Wildman–Crippen LogP) is 5.90. The Balaban J connectivity index is 1.47. The highest BCUT2D eigenvalue weighted by Crippen LogP contribution is 2.40. The molecule has 6 heteroatoms. The molecular formula is C32H28N2O4. The zero-order valence-electron chi connectivity index (χ0n) is 21.3. The van der Waals surface area contributed by atoms with Gasteiger partial charge in [-0.3, -0.25) is 14.6 Å². The monoisotopic (exact) mass is 504 g/mol. The largest absolute Gasteiger partial charge is 0.507 e. The van der Waals surface area contributed by atoms with Crippen molar-refractivity contribution >= 4 is 17.4 Å². The summed E-state index contributed by atoms with van der Waals surface area (Å²) in [7, 11) is 0. The number of aryl methyl sites for hydroxylation is 2. The number of amides is 1. The second kappa shape index (κ2) is 10.7. The van der Waals surface area contributed by atoms with Crippen LogP contribution in [0, 0.1) is 13.8 Å². The van der Waals surface area contributed by atoms with Crippen molar-refractivity contribution in [3.8, 4) is 5.75 Å². The first-order valence-electron chi connectivity index (χ1n) is 12.4. The quantitative estimate of drug-likeness (QED) is 0.193. The number of pyridine rings is 1. The minimum atomic E-state index is -0.729. The Morgan fingerprint density at radius 2 is 1.63 bits per heavy atom. The van der Waals surface area contributed by atoms with Crippen molar-refractivity contribution in [2.75, 3.05) is 0 Å². The van der Waals surface area contributed by atoms with Crippen LogP contribution in [0.1, 0.15) is 39.4 Å². The lowest BCUT2D eigenvalue weighted by atomic mass is 9.94. The topological polar surface area (TPSA) is 79.7 Å². The Labute approximate surface area is 221 Å². The maximum Gasteiger partial charge on any atom is 0.295 e. The smallest absolute Gasteiger partial charge is 0.295 e. The van der Waals surface area contributed by atoms with E-state index >= 15 is 0 Å². The number of aromatic nitrogens is 1. The van der Waals surface area contributed by atoms with E-state index in [1.54, 1.807) is 42.7 Å². The number of Topliss-reactive ketones (excluding diaryl/α,β-unsaturated/α-hetero) is 1. The van der Waals surface area contributed by atoms with Gasteiger partial charge < -0.3 is 14.7 Å². The van der Waals surface area contributed by atoms with Crippen LogP contribution in [0.2, 0.25) is 0 Å². The third-order valence-electron chi connectivity index (χ3n) is 6.62. The van der Waals surface area contributed by atoms with Crippen LogP contribution in [0.4, 0.5) is 0 Å². The molecule has 3 aromatic carbocycles. The Hall–Kier alpha value is -4.71. The van der Waals surface area contributed by atoms with Gasteiger partial charge in [-0.05, 0) is 60.9 Å². The van der Waals surface area contributed by atoms with Gasteiger partial charge in [0, 0.05) is 24.5 Å². The summed E-state index contributed by atoms with van der Waals surface area (Å²) in [5.41, 5.74) is 5.32. The van der Waals surface area contributed by atoms with E-state index in [1.807, 2.05) is 62.4 Å². The summed E-state index contributed by atoms with van der Waals surface area (Å²) in [6.07, 6.45) is 3.32. The second-order valence-electron chi connectivity index (χ2n) is 9.50. The number of hydrogen-bond donors (Lipinski definition) is 1. The van der Waals surface area contributed by atoms with Crippen molar-refractivity contribution in [3.05, 3.63) is 136 Å². The van der Waals surface area contributed by atoms with Gasteiger partial charge in [0.25, 0.3) is 11.7 Å². The molecule has 1 aliphatic rings. The molecule has 6 nitrogen and oxygen atoms in total. The molecule has 0 radical (unpaired) electrons. The van der Waals surface area contributed by atoms with Gasteiger partial charge in [-0.2, -0.15) is 0 Å². The summed E-state index contributed by atoms with van der Waals surface area (Å²) in [6, 6.07) is 25.5. The zero-order valence-corrected chi connectivity index (χ0v) is 21.3. The van der Waals surface area contributed by atoms with E-state index in [1.165, 1.54) is 4.90 Å². The number of nitrogens with zero attached hydrogens (tertiary/aromatic N) is 2. The molecule has 1 aliphatic heterocycles. The van der Waals surface area contributed by atoms with Gasteiger partial charge in [-0.1, -0.05) is 65.7 Å². The molecule has 2 heterocycles. The maximum absolute atomic E-state index is 13.3. The molecule has 0 bridgehead atoms. The van der Waals surface area contributed by atoms with E-state index in [0.717, 1.165) is 27.8 Å². The number of carbonyl (C=O) groups excluding carboxylic acids is 2. The zero-order chi connectivity index (χ0) is 26.6. The fourth-order valence-electron chi connectivity index (χ4n) is 4.66. The van der Waals surface area contributed by atoms with Gasteiger partial charge in [0.2, 0.25) is 0 Å². The number of likely N-dealkylation sites (tertiary alicyclic amines) is 1. The number of benzene rings is 3. The van der Waals surface area contributed by atoms with Gasteiger partial charge in [0.05, 0.1) is 11.6 Å². The summed E-state index contributed by atoms with van der Waals surface area (Å²) in [5, 5.41) is 11.3. The van der Waals surface area contributed by atoms with Crippen molar-refractivity contribution in [1.29, 1.82) is 0 Å². The van der Waals surface area contributed by atoms with Crippen molar-refractivity contribution < 1.29 is 19.4 Å². The average Bonchev–Trinajstić information content (AvgIpc) is 3.18. The Bertz CT molecular complexity index is 1490. The lowest BCUT2D eigenvalue weighted by molar-refractivity contribution is -0.140. The first-order chi connectivity index (χ1) is 18.4. The second-order valence-corrected chi connectivity index (χ2v) is 9.50. The van der Waals surface area contributed by atoms with E-state index in [-0.39, 0.29) is 17.9 Å². The number of ether oxygens (including phenoxy) is 1. The highest BCUT2D eigenvalue weighted by molar-refractivity contribution is 6.46. The number of aliphatic hydroxyl groups excluding tert-OH is 1. The molecule has 1 aromatic heterocycles. The minimum absolute atomic E-state index is 0.0659. The summed E-state index contributed by atoms with van der Waals surface area (Å²) >= 11 is 0. The van der Waals surface area contributed by atoms with Crippen LogP contribution in [-0.2, 0) is 22.7 Å². The van der Waals surface area contributed by atoms with Crippen LogP contribution in [-0.4, -0.2) is 26.7 Å². The summed E-state index contributed by atoms with van der Waals surface area (Å²) < 4.78 is 5.90. The highest BCUT2D eigenvalue weighted by Gasteiger charge is 2.46. The summed E-state index contributed by atoms with van der Waals surface area (Å²) in [5.74, 6) is -0.946. The van der Waals surface area contributed by atoms with Crippen LogP contribution in [0.3, 0.4) is 0 Å². The van der Waals surface area contributed by atoms with Crippen LogP contribution < -0.4 is 4.74 Å². The molecule has 38 heavy (non-hydrogen) atoms. The highest BCUT2D eigenvalue weighted by atomic mass is 16.5. The lowest BCUT2D eigenvalue weighted by Gasteiger charge is -2.25. The van der Waals surface area contributed by atoms with Crippen LogP contribution >= 0.6 is 0 Å². The number of ketones is 1. The molecule has 1 N–H and O–H groups in total. The van der Waals surface area contributed by atoms with Crippen molar-refractivity contribution in [1.82, 2.24) is 9.88 Å². The van der Waals surface area contributed by atoms with E-state index in [4.69, 9.17) is 4.74 Å². The van der Waals surface area contributed by atoms with Crippen molar-refractivity contribution in [3.63, 3.8) is 0 Å². The fourth-order valence-corrected chi connectivity index (χ4v) is 4.66. The van der Waals surface area contributed by atoms with E-state index in [0.29, 0.717) is 17.9 Å². The molecule has 0 spiro atoms. The maximum atomic E-state index is 13.3. The molecule has 5 rings (SSSR count). The Morgan fingerprint density at radius 1 is 0.895 bits per heavy atom. The SMILES string of the molecule is Cc1ccc(C2/C(=C(\O)c3ccc(OCc4cccc(C)c4)cc3)C(=O)C(=O)N2Cc2cccnc2)cc1. The number of rotatable bonds is 7. The first kappa shape index (κ1) is 25.0. The van der Waals surface area contributed by atoms with Gasteiger partial charge in [-0.25, -0.2) is 0 Å². The van der Waals surface area contributed by atoms with Crippen LogP contribution in [0.15, 0.2) is 103 Å². The standard InChI is InChI=1S/C32H28N2O4/c1-21-8-10-25(11-9-21)29-28(31(36)32(37)34(29)19-24-7-4-16-33-18-24)30(35)26-12-14-27(15-13-26)38-20-23-6-3-5-22(2)17-23/h3-18,29,35H,19-20H2,1-2H3/b30-28+. The van der Waals surface area contributed by atoms with Gasteiger partial charge in [-0.15, -0.1) is 0 Å². The number of hydrogen-bond acceptors (Lipinski definition) is 5. The van der Waals surface area contributed by atoms with E-state index in [9.17, 15) is 14.7 Å². The number of carbonyl (C=O) groups is 2. The molecule has 1 saturated heterocycles.